The largest absolute Gasteiger partial charge is 1.00 e. The molecule has 7 heavy (non-hydrogen) atoms. The zero-order valence-electron chi connectivity index (χ0n) is 5.24. The van der Waals surface area contributed by atoms with Gasteiger partial charge in [-0.2, -0.15) is 0 Å². The fraction of sp³-hybridized carbons (Fsp3) is 0.600. The molecular weight excluding hydrogens is 110 g/mol. The fourth-order valence-electron chi connectivity index (χ4n) is 0. The first-order valence-corrected chi connectivity index (χ1v) is 2.14. The van der Waals surface area contributed by atoms with E-state index in [1.165, 1.54) is 0 Å². The molecular formula is C5H14ClN. The van der Waals surface area contributed by atoms with Gasteiger partial charge in [0.25, 0.3) is 0 Å². The van der Waals surface area contributed by atoms with Crippen LogP contribution in [0.15, 0.2) is 12.7 Å². The number of allylic oxidation sites excluding steroid dienone is 1. The molecule has 0 atom stereocenters. The van der Waals surface area contributed by atoms with Crippen LogP contribution >= 0.6 is 0 Å². The van der Waals surface area contributed by atoms with Crippen molar-refractivity contribution in [1.82, 2.24) is 0 Å². The van der Waals surface area contributed by atoms with Gasteiger partial charge < -0.3 is 17.7 Å². The van der Waals surface area contributed by atoms with Crippen molar-refractivity contribution in [3.8, 4) is 0 Å². The average molecular weight is 124 g/mol. The lowest BCUT2D eigenvalue weighted by Gasteiger charge is -1.57. The van der Waals surface area contributed by atoms with Gasteiger partial charge in [-0.3, -0.25) is 0 Å². The SMILES string of the molecule is C=CC.C[NH2+]C.[Cl-]. The number of hydrogen-bond acceptors (Lipinski definition) is 0. The molecule has 0 aliphatic rings. The highest BCUT2D eigenvalue weighted by Gasteiger charge is 1.29. The molecule has 0 spiro atoms. The third-order valence-corrected chi connectivity index (χ3v) is 0. The quantitative estimate of drug-likeness (QED) is 0.331. The Balaban J connectivity index is -0.0000000400. The minimum absolute atomic E-state index is 0. The molecule has 0 saturated heterocycles. The fourth-order valence-corrected chi connectivity index (χ4v) is 0. The summed E-state index contributed by atoms with van der Waals surface area (Å²) in [5.74, 6) is 0. The predicted molar refractivity (Wildman–Crippen MR) is 29.6 cm³/mol. The van der Waals surface area contributed by atoms with Crippen molar-refractivity contribution in [3.05, 3.63) is 12.7 Å². The third-order valence-electron chi connectivity index (χ3n) is 0. The van der Waals surface area contributed by atoms with Gasteiger partial charge in [-0.15, -0.1) is 6.58 Å². The first kappa shape index (κ1) is 15.8. The van der Waals surface area contributed by atoms with Gasteiger partial charge in [0.05, 0.1) is 14.1 Å². The molecule has 0 radical (unpaired) electrons. The van der Waals surface area contributed by atoms with E-state index in [2.05, 4.69) is 6.58 Å². The van der Waals surface area contributed by atoms with Gasteiger partial charge in [0.15, 0.2) is 0 Å². The molecule has 0 unspecified atom stereocenters. The summed E-state index contributed by atoms with van der Waals surface area (Å²) < 4.78 is 0. The van der Waals surface area contributed by atoms with Crippen LogP contribution in [0.1, 0.15) is 6.92 Å². The molecule has 2 heteroatoms. The second kappa shape index (κ2) is 37.7. The molecule has 0 aromatic heterocycles. The Morgan fingerprint density at radius 2 is 1.43 bits per heavy atom. The first-order chi connectivity index (χ1) is 2.83. The van der Waals surface area contributed by atoms with Crippen molar-refractivity contribution < 1.29 is 17.7 Å². The molecule has 0 fully saturated rings. The van der Waals surface area contributed by atoms with Crippen LogP contribution in [0.25, 0.3) is 0 Å². The summed E-state index contributed by atoms with van der Waals surface area (Å²) >= 11 is 0. The van der Waals surface area contributed by atoms with Gasteiger partial charge in [0.2, 0.25) is 0 Å². The summed E-state index contributed by atoms with van der Waals surface area (Å²) in [5.41, 5.74) is 0. The van der Waals surface area contributed by atoms with Crippen molar-refractivity contribution >= 4 is 0 Å². The first-order valence-electron chi connectivity index (χ1n) is 2.14. The van der Waals surface area contributed by atoms with E-state index in [9.17, 15) is 0 Å². The summed E-state index contributed by atoms with van der Waals surface area (Å²) in [6, 6.07) is 0. The molecule has 0 heterocycles. The van der Waals surface area contributed by atoms with Crippen molar-refractivity contribution in [1.29, 1.82) is 0 Å². The average Bonchev–Trinajstić information content (AvgIpc) is 1.39. The summed E-state index contributed by atoms with van der Waals surface area (Å²) in [4.78, 5) is 0. The zero-order valence-corrected chi connectivity index (χ0v) is 6.00. The van der Waals surface area contributed by atoms with E-state index in [-0.39, 0.29) is 12.4 Å². The Labute approximate surface area is 52.2 Å². The monoisotopic (exact) mass is 123 g/mol. The molecule has 0 saturated carbocycles. The Bertz CT molecular complexity index is 22.0. The van der Waals surface area contributed by atoms with E-state index in [0.717, 1.165) is 0 Å². The van der Waals surface area contributed by atoms with Crippen LogP contribution in [-0.2, 0) is 0 Å². The highest BCUT2D eigenvalue weighted by Crippen LogP contribution is 1.38. The van der Waals surface area contributed by atoms with Gasteiger partial charge in [0.1, 0.15) is 0 Å². The standard InChI is InChI=1S/C3H6.C2H7N.ClH/c2*1-3-2;/h3H,1H2,2H3;3H,1-2H3;1H. The van der Waals surface area contributed by atoms with Gasteiger partial charge in [-0.25, -0.2) is 0 Å². The number of halogens is 1. The van der Waals surface area contributed by atoms with Crippen molar-refractivity contribution in [2.24, 2.45) is 0 Å². The minimum atomic E-state index is 0. The normalized spacial score (nSPS) is 4.43. The smallest absolute Gasteiger partial charge is 0.0647 e. The second-order valence-electron chi connectivity index (χ2n) is 0.986. The molecule has 0 rings (SSSR count). The molecule has 0 amide bonds. The van der Waals surface area contributed by atoms with Crippen LogP contribution in [0.5, 0.6) is 0 Å². The molecule has 0 bridgehead atoms. The van der Waals surface area contributed by atoms with Gasteiger partial charge >= 0.3 is 0 Å². The summed E-state index contributed by atoms with van der Waals surface area (Å²) in [7, 11) is 4.00. The molecule has 0 aliphatic heterocycles. The molecule has 2 N–H and O–H groups in total. The molecule has 0 aliphatic carbocycles. The Hall–Kier alpha value is -0.0100. The van der Waals surface area contributed by atoms with E-state index < -0.39 is 0 Å². The molecule has 46 valence electrons. The van der Waals surface area contributed by atoms with Crippen molar-refractivity contribution in [2.45, 2.75) is 6.92 Å². The summed E-state index contributed by atoms with van der Waals surface area (Å²) in [5, 5.41) is 2.00. The van der Waals surface area contributed by atoms with Gasteiger partial charge in [-0.05, 0) is 6.92 Å². The lowest BCUT2D eigenvalue weighted by molar-refractivity contribution is -0.597. The lowest BCUT2D eigenvalue weighted by Crippen LogP contribution is -3.00. The number of nitrogens with two attached hydrogens (primary N) is 1. The number of quaternary nitrogens is 1. The van der Waals surface area contributed by atoms with Crippen LogP contribution in [-0.4, -0.2) is 14.1 Å². The Morgan fingerprint density at radius 1 is 1.43 bits per heavy atom. The highest BCUT2D eigenvalue weighted by atomic mass is 35.5. The second-order valence-corrected chi connectivity index (χ2v) is 0.986. The van der Waals surface area contributed by atoms with E-state index in [4.69, 9.17) is 0 Å². The number of rotatable bonds is 0. The van der Waals surface area contributed by atoms with Gasteiger partial charge in [-0.1, -0.05) is 6.08 Å². The van der Waals surface area contributed by atoms with Crippen LogP contribution in [0.3, 0.4) is 0 Å². The van der Waals surface area contributed by atoms with E-state index >= 15 is 0 Å². The maximum Gasteiger partial charge on any atom is 0.0647 e. The third kappa shape index (κ3) is 954000. The topological polar surface area (TPSA) is 16.6 Å². The van der Waals surface area contributed by atoms with Crippen molar-refractivity contribution in [3.63, 3.8) is 0 Å². The maximum atomic E-state index is 3.36. The Kier molecular flexibility index (Phi) is 84.8. The summed E-state index contributed by atoms with van der Waals surface area (Å²) in [6.07, 6.45) is 1.75. The zero-order chi connectivity index (χ0) is 5.41. The minimum Gasteiger partial charge on any atom is -1.00 e. The van der Waals surface area contributed by atoms with Crippen LogP contribution in [0.4, 0.5) is 0 Å². The lowest BCUT2D eigenvalue weighted by atomic mass is 10.8. The van der Waals surface area contributed by atoms with Crippen molar-refractivity contribution in [2.75, 3.05) is 14.1 Å². The van der Waals surface area contributed by atoms with Crippen LogP contribution < -0.4 is 17.7 Å². The van der Waals surface area contributed by atoms with E-state index in [0.29, 0.717) is 0 Å². The maximum absolute atomic E-state index is 3.36. The van der Waals surface area contributed by atoms with E-state index in [1.807, 2.05) is 26.3 Å². The predicted octanol–water partition coefficient (Wildman–Crippen LogP) is -2.99. The molecule has 1 nitrogen and oxygen atoms in total. The van der Waals surface area contributed by atoms with E-state index in [1.54, 1.807) is 6.08 Å². The molecule has 0 aromatic rings. The number of hydrogen-bond donors (Lipinski definition) is 1. The Morgan fingerprint density at radius 3 is 1.43 bits per heavy atom. The summed E-state index contributed by atoms with van der Waals surface area (Å²) in [6.45, 7) is 5.25. The van der Waals surface area contributed by atoms with Crippen LogP contribution in [0, 0.1) is 0 Å². The highest BCUT2D eigenvalue weighted by molar-refractivity contribution is 4.51. The molecule has 0 aromatic carbocycles. The van der Waals surface area contributed by atoms with Gasteiger partial charge in [0, 0.05) is 0 Å². The van der Waals surface area contributed by atoms with Crippen LogP contribution in [0.2, 0.25) is 0 Å².